The number of ether oxygens (including phenoxy) is 2. The van der Waals surface area contributed by atoms with Crippen LogP contribution in [-0.4, -0.2) is 30.1 Å². The predicted molar refractivity (Wildman–Crippen MR) is 94.2 cm³/mol. The van der Waals surface area contributed by atoms with Gasteiger partial charge < -0.3 is 14.6 Å². The van der Waals surface area contributed by atoms with Crippen molar-refractivity contribution in [3.05, 3.63) is 41.5 Å². The van der Waals surface area contributed by atoms with E-state index in [9.17, 15) is 14.7 Å². The Hall–Kier alpha value is -2.14. The summed E-state index contributed by atoms with van der Waals surface area (Å²) in [5.41, 5.74) is 1.69. The van der Waals surface area contributed by atoms with Crippen molar-refractivity contribution in [2.45, 2.75) is 57.7 Å². The number of benzene rings is 1. The third-order valence-electron chi connectivity index (χ3n) is 4.28. The topological polar surface area (TPSA) is 72.8 Å². The Morgan fingerprint density at radius 1 is 1.16 bits per heavy atom. The van der Waals surface area contributed by atoms with Gasteiger partial charge in [0.25, 0.3) is 0 Å². The Balaban J connectivity index is 1.52. The van der Waals surface area contributed by atoms with Gasteiger partial charge in [-0.2, -0.15) is 0 Å². The number of hydrogen-bond acceptors (Lipinski definition) is 5. The summed E-state index contributed by atoms with van der Waals surface area (Å²) in [6, 6.07) is 7.43. The van der Waals surface area contributed by atoms with E-state index in [2.05, 4.69) is 0 Å². The van der Waals surface area contributed by atoms with Gasteiger partial charge in [0.2, 0.25) is 0 Å². The van der Waals surface area contributed by atoms with Gasteiger partial charge in [-0.1, -0.05) is 25.0 Å². The Labute approximate surface area is 148 Å². The van der Waals surface area contributed by atoms with Crippen LogP contribution < -0.4 is 4.74 Å². The average Bonchev–Trinajstić information content (AvgIpc) is 2.94. The smallest absolute Gasteiger partial charge is 0.306 e. The molecule has 2 rings (SSSR count). The van der Waals surface area contributed by atoms with Gasteiger partial charge in [-0.15, -0.1) is 0 Å². The number of unbranched alkanes of at least 4 members (excludes halogenated alkanes) is 3. The number of aliphatic hydroxyl groups excluding tert-OH is 1. The molecule has 0 aliphatic heterocycles. The number of Topliss-reactive ketones (excluding diaryl/α,β-unsaturated/α-hetero) is 1. The molecule has 5 heteroatoms. The summed E-state index contributed by atoms with van der Waals surface area (Å²) in [5, 5.41) is 9.38. The fraction of sp³-hybridized carbons (Fsp3) is 0.500. The van der Waals surface area contributed by atoms with Crippen molar-refractivity contribution in [3.63, 3.8) is 0 Å². The van der Waals surface area contributed by atoms with Crippen LogP contribution >= 0.6 is 0 Å². The first kappa shape index (κ1) is 19.2. The van der Waals surface area contributed by atoms with Crippen molar-refractivity contribution in [2.75, 3.05) is 7.11 Å². The number of ketones is 1. The summed E-state index contributed by atoms with van der Waals surface area (Å²) < 4.78 is 10.3. The van der Waals surface area contributed by atoms with E-state index in [-0.39, 0.29) is 24.8 Å². The molecule has 1 aromatic rings. The molecule has 0 fully saturated rings. The zero-order chi connectivity index (χ0) is 18.1. The van der Waals surface area contributed by atoms with Crippen LogP contribution in [-0.2, 0) is 20.9 Å². The Kier molecular flexibility index (Phi) is 7.67. The molecule has 0 amide bonds. The van der Waals surface area contributed by atoms with Crippen LogP contribution in [0, 0.1) is 0 Å². The van der Waals surface area contributed by atoms with Crippen LogP contribution in [0.3, 0.4) is 0 Å². The Morgan fingerprint density at radius 2 is 1.88 bits per heavy atom. The fourth-order valence-corrected chi connectivity index (χ4v) is 2.82. The molecule has 0 saturated heterocycles. The van der Waals surface area contributed by atoms with Crippen LogP contribution in [0.5, 0.6) is 5.75 Å². The largest absolute Gasteiger partial charge is 0.497 e. The van der Waals surface area contributed by atoms with E-state index in [1.54, 1.807) is 13.2 Å². The zero-order valence-corrected chi connectivity index (χ0v) is 14.7. The number of esters is 1. The SMILES string of the molecule is COc1ccc(COC(=O)CCCCCCC2=CC(O)CC2=O)cc1. The van der Waals surface area contributed by atoms with E-state index in [1.807, 2.05) is 24.3 Å². The van der Waals surface area contributed by atoms with Crippen molar-refractivity contribution in [1.29, 1.82) is 0 Å². The molecule has 0 heterocycles. The fourth-order valence-electron chi connectivity index (χ4n) is 2.82. The number of rotatable bonds is 10. The maximum Gasteiger partial charge on any atom is 0.306 e. The first-order chi connectivity index (χ1) is 12.1. The minimum atomic E-state index is -0.594. The Bertz CT molecular complexity index is 603. The lowest BCUT2D eigenvalue weighted by Gasteiger charge is -2.06. The second-order valence-electron chi connectivity index (χ2n) is 6.31. The quantitative estimate of drug-likeness (QED) is 0.520. The van der Waals surface area contributed by atoms with Gasteiger partial charge in [-0.05, 0) is 48.6 Å². The standard InChI is InChI=1S/C20H26O5/c1-24-18-10-8-15(9-11-18)14-25-20(23)7-5-3-2-4-6-16-12-17(21)13-19(16)22/h8-12,17,21H,2-7,13-14H2,1H3. The highest BCUT2D eigenvalue weighted by Crippen LogP contribution is 2.20. The van der Waals surface area contributed by atoms with Crippen molar-refractivity contribution in [1.82, 2.24) is 0 Å². The van der Waals surface area contributed by atoms with Gasteiger partial charge in [-0.3, -0.25) is 9.59 Å². The minimum absolute atomic E-state index is 0.0645. The van der Waals surface area contributed by atoms with E-state index in [0.717, 1.165) is 49.0 Å². The maximum absolute atomic E-state index is 11.7. The highest BCUT2D eigenvalue weighted by Gasteiger charge is 2.21. The van der Waals surface area contributed by atoms with Crippen molar-refractivity contribution in [2.24, 2.45) is 0 Å². The van der Waals surface area contributed by atoms with Gasteiger partial charge in [0.15, 0.2) is 5.78 Å². The van der Waals surface area contributed by atoms with Crippen molar-refractivity contribution < 1.29 is 24.2 Å². The van der Waals surface area contributed by atoms with Crippen molar-refractivity contribution >= 4 is 11.8 Å². The number of carbonyl (C=O) groups is 2. The molecule has 1 unspecified atom stereocenters. The summed E-state index contributed by atoms with van der Waals surface area (Å²) >= 11 is 0. The molecule has 5 nitrogen and oxygen atoms in total. The molecule has 1 aliphatic rings. The number of aliphatic hydroxyl groups is 1. The summed E-state index contributed by atoms with van der Waals surface area (Å²) in [7, 11) is 1.61. The molecular formula is C20H26O5. The molecule has 1 aliphatic carbocycles. The van der Waals surface area contributed by atoms with Crippen LogP contribution in [0.4, 0.5) is 0 Å². The molecule has 1 atom stereocenters. The molecule has 136 valence electrons. The second-order valence-corrected chi connectivity index (χ2v) is 6.31. The van der Waals surface area contributed by atoms with Crippen LogP contribution in [0.15, 0.2) is 35.9 Å². The molecule has 25 heavy (non-hydrogen) atoms. The zero-order valence-electron chi connectivity index (χ0n) is 14.7. The van der Waals surface area contributed by atoms with E-state index in [4.69, 9.17) is 9.47 Å². The molecule has 1 aromatic carbocycles. The molecule has 0 aromatic heterocycles. The van der Waals surface area contributed by atoms with Gasteiger partial charge in [0, 0.05) is 12.8 Å². The highest BCUT2D eigenvalue weighted by molar-refractivity contribution is 5.98. The maximum atomic E-state index is 11.7. The highest BCUT2D eigenvalue weighted by atomic mass is 16.5. The number of carbonyl (C=O) groups excluding carboxylic acids is 2. The summed E-state index contributed by atoms with van der Waals surface area (Å²) in [5.74, 6) is 0.655. The van der Waals surface area contributed by atoms with Crippen LogP contribution in [0.1, 0.15) is 50.5 Å². The third kappa shape index (κ3) is 6.70. The van der Waals surface area contributed by atoms with Crippen LogP contribution in [0.2, 0.25) is 0 Å². The first-order valence-corrected chi connectivity index (χ1v) is 8.79. The number of hydrogen-bond donors (Lipinski definition) is 1. The first-order valence-electron chi connectivity index (χ1n) is 8.79. The number of methoxy groups -OCH3 is 1. The summed E-state index contributed by atoms with van der Waals surface area (Å²) in [6.07, 6.45) is 6.03. The molecule has 0 bridgehead atoms. The van der Waals surface area contributed by atoms with E-state index in [0.29, 0.717) is 6.42 Å². The van der Waals surface area contributed by atoms with E-state index in [1.165, 1.54) is 0 Å². The lowest BCUT2D eigenvalue weighted by Crippen LogP contribution is -2.04. The minimum Gasteiger partial charge on any atom is -0.497 e. The molecule has 1 N–H and O–H groups in total. The molecule has 0 radical (unpaired) electrons. The van der Waals surface area contributed by atoms with E-state index < -0.39 is 6.10 Å². The lowest BCUT2D eigenvalue weighted by atomic mass is 10.0. The van der Waals surface area contributed by atoms with E-state index >= 15 is 0 Å². The normalized spacial score (nSPS) is 16.6. The monoisotopic (exact) mass is 346 g/mol. The van der Waals surface area contributed by atoms with Gasteiger partial charge >= 0.3 is 5.97 Å². The molecule has 0 saturated carbocycles. The van der Waals surface area contributed by atoms with Crippen LogP contribution in [0.25, 0.3) is 0 Å². The lowest BCUT2D eigenvalue weighted by molar-refractivity contribution is -0.145. The Morgan fingerprint density at radius 3 is 2.52 bits per heavy atom. The number of allylic oxidation sites excluding steroid dienone is 1. The van der Waals surface area contributed by atoms with Gasteiger partial charge in [0.1, 0.15) is 12.4 Å². The molecule has 0 spiro atoms. The second kappa shape index (κ2) is 9.99. The summed E-state index contributed by atoms with van der Waals surface area (Å²) in [6.45, 7) is 0.279. The van der Waals surface area contributed by atoms with Gasteiger partial charge in [0.05, 0.1) is 13.2 Å². The third-order valence-corrected chi connectivity index (χ3v) is 4.28. The predicted octanol–water partition coefficient (Wildman–Crippen LogP) is 3.34. The molecular weight excluding hydrogens is 320 g/mol. The average molecular weight is 346 g/mol. The van der Waals surface area contributed by atoms with Crippen molar-refractivity contribution in [3.8, 4) is 5.75 Å². The summed E-state index contributed by atoms with van der Waals surface area (Å²) in [4.78, 5) is 23.3. The van der Waals surface area contributed by atoms with Gasteiger partial charge in [-0.25, -0.2) is 0 Å².